The molecule has 0 N–H and O–H groups in total. The molecular formula is C52H41N5O. The van der Waals surface area contributed by atoms with Crippen molar-refractivity contribution >= 4 is 66.4 Å². The van der Waals surface area contributed by atoms with E-state index >= 15 is 0 Å². The van der Waals surface area contributed by atoms with Crippen molar-refractivity contribution in [1.29, 1.82) is 0 Å². The number of aromatic nitrogens is 3. The minimum atomic E-state index is -0.102. The fourth-order valence-corrected chi connectivity index (χ4v) is 8.72. The van der Waals surface area contributed by atoms with Crippen molar-refractivity contribution in [2.75, 3.05) is 16.5 Å². The van der Waals surface area contributed by atoms with Crippen LogP contribution in [0.5, 0.6) is 11.5 Å². The minimum Gasteiger partial charge on any atom is -0.457 e. The zero-order chi connectivity index (χ0) is 39.0. The lowest BCUT2D eigenvalue weighted by Gasteiger charge is -2.26. The number of fused-ring (bicyclic) bond motifs is 7. The number of ether oxygens (including phenoxy) is 1. The number of hydrogen-bond donors (Lipinski definition) is 0. The first-order valence-corrected chi connectivity index (χ1v) is 19.9. The highest BCUT2D eigenvalue weighted by Gasteiger charge is 2.29. The molecule has 0 amide bonds. The quantitative estimate of drug-likeness (QED) is 0.170. The third kappa shape index (κ3) is 5.52. The van der Waals surface area contributed by atoms with Crippen LogP contribution in [0.4, 0.5) is 22.7 Å². The van der Waals surface area contributed by atoms with Gasteiger partial charge >= 0.3 is 0 Å². The number of hydrogen-bond acceptors (Lipinski definition) is 4. The molecule has 280 valence electrons. The molecule has 6 heteroatoms. The van der Waals surface area contributed by atoms with Gasteiger partial charge in [0.2, 0.25) is 0 Å². The van der Waals surface area contributed by atoms with E-state index in [1.54, 1.807) is 0 Å². The van der Waals surface area contributed by atoms with Crippen LogP contribution in [0, 0.1) is 0 Å². The van der Waals surface area contributed by atoms with Crippen LogP contribution < -0.4 is 14.5 Å². The van der Waals surface area contributed by atoms with Gasteiger partial charge in [-0.2, -0.15) is 0 Å². The molecule has 0 fully saturated rings. The molecule has 0 atom stereocenters. The lowest BCUT2D eigenvalue weighted by atomic mass is 9.86. The van der Waals surface area contributed by atoms with Crippen LogP contribution in [-0.2, 0) is 5.41 Å². The molecule has 7 aromatic carbocycles. The number of rotatable bonds is 6. The van der Waals surface area contributed by atoms with Crippen molar-refractivity contribution in [3.8, 4) is 23.0 Å². The smallest absolute Gasteiger partial charge is 0.139 e. The van der Waals surface area contributed by atoms with Crippen LogP contribution in [0.3, 0.4) is 0 Å². The van der Waals surface area contributed by atoms with Crippen LogP contribution >= 0.6 is 0 Å². The Kier molecular flexibility index (Phi) is 7.70. The lowest BCUT2D eigenvalue weighted by Crippen LogP contribution is -2.24. The van der Waals surface area contributed by atoms with Gasteiger partial charge in [-0.05, 0) is 83.8 Å². The normalized spacial score (nSPS) is 12.9. The van der Waals surface area contributed by atoms with Crippen molar-refractivity contribution in [3.05, 3.63) is 188 Å². The van der Waals surface area contributed by atoms with E-state index in [1.165, 1.54) is 33.4 Å². The summed E-state index contributed by atoms with van der Waals surface area (Å²) in [6.45, 7) is 7.48. The molecule has 0 bridgehead atoms. The van der Waals surface area contributed by atoms with E-state index in [0.717, 1.165) is 61.5 Å². The largest absolute Gasteiger partial charge is 0.457 e. The maximum Gasteiger partial charge on any atom is 0.139 e. The molecule has 6 nitrogen and oxygen atoms in total. The van der Waals surface area contributed by atoms with Crippen LogP contribution in [0.2, 0.25) is 0 Å². The second-order valence-corrected chi connectivity index (χ2v) is 16.2. The molecule has 58 heavy (non-hydrogen) atoms. The number of benzene rings is 7. The van der Waals surface area contributed by atoms with Gasteiger partial charge in [0.1, 0.15) is 24.0 Å². The fourth-order valence-electron chi connectivity index (χ4n) is 8.72. The Hall–Kier alpha value is -7.31. The summed E-state index contributed by atoms with van der Waals surface area (Å²) < 4.78 is 11.5. The zero-order valence-corrected chi connectivity index (χ0v) is 32.7. The third-order valence-electron chi connectivity index (χ3n) is 11.6. The van der Waals surface area contributed by atoms with Gasteiger partial charge in [-0.3, -0.25) is 4.57 Å². The predicted octanol–water partition coefficient (Wildman–Crippen LogP) is 13.6. The Labute approximate surface area is 337 Å². The van der Waals surface area contributed by atoms with Gasteiger partial charge in [-0.25, -0.2) is 4.98 Å². The van der Waals surface area contributed by atoms with Crippen LogP contribution in [0.15, 0.2) is 182 Å². The maximum absolute atomic E-state index is 6.92. The highest BCUT2D eigenvalue weighted by Crippen LogP contribution is 2.46. The Bertz CT molecular complexity index is 3170. The monoisotopic (exact) mass is 751 g/mol. The summed E-state index contributed by atoms with van der Waals surface area (Å²) in [6.07, 6.45) is 2.03. The van der Waals surface area contributed by atoms with Gasteiger partial charge in [0.05, 0.1) is 33.4 Å². The highest BCUT2D eigenvalue weighted by molar-refractivity contribution is 6.11. The highest BCUT2D eigenvalue weighted by atomic mass is 16.5. The minimum absolute atomic E-state index is 0.102. The number of para-hydroxylation sites is 6. The molecule has 11 rings (SSSR count). The van der Waals surface area contributed by atoms with E-state index in [-0.39, 0.29) is 5.41 Å². The first-order valence-electron chi connectivity index (χ1n) is 19.9. The third-order valence-corrected chi connectivity index (χ3v) is 11.6. The summed E-state index contributed by atoms with van der Waals surface area (Å²) in [6, 6.07) is 62.4. The first-order chi connectivity index (χ1) is 28.4. The van der Waals surface area contributed by atoms with Gasteiger partial charge in [-0.1, -0.05) is 106 Å². The fraction of sp³-hybridized carbons (Fsp3) is 0.0962. The SMILES string of the molecule is CC(C)(C)c1cc(Oc2ccc3c4ccccc4n(-c4cc5c(cn4)c4ccccc4n5-c4ccccc4)c3c2)cc(N2CN(c3ccccc3)c3ccccc32)c1. The van der Waals surface area contributed by atoms with E-state index in [2.05, 4.69) is 216 Å². The molecule has 0 aliphatic carbocycles. The second-order valence-electron chi connectivity index (χ2n) is 16.2. The summed E-state index contributed by atoms with van der Waals surface area (Å²) in [5, 5.41) is 4.62. The van der Waals surface area contributed by atoms with Crippen LogP contribution in [0.1, 0.15) is 26.3 Å². The van der Waals surface area contributed by atoms with E-state index in [9.17, 15) is 0 Å². The van der Waals surface area contributed by atoms with Gasteiger partial charge in [0.25, 0.3) is 0 Å². The molecular weight excluding hydrogens is 711 g/mol. The number of pyridine rings is 1. The first kappa shape index (κ1) is 34.0. The van der Waals surface area contributed by atoms with E-state index < -0.39 is 0 Å². The average Bonchev–Trinajstić information content (AvgIpc) is 3.91. The number of anilines is 4. The van der Waals surface area contributed by atoms with Crippen molar-refractivity contribution in [2.45, 2.75) is 26.2 Å². The molecule has 10 aromatic rings. The van der Waals surface area contributed by atoms with Gasteiger partial charge in [0.15, 0.2) is 0 Å². The molecule has 0 saturated carbocycles. The summed E-state index contributed by atoms with van der Waals surface area (Å²) in [5.74, 6) is 2.41. The molecule has 0 radical (unpaired) electrons. The lowest BCUT2D eigenvalue weighted by molar-refractivity contribution is 0.479. The van der Waals surface area contributed by atoms with Crippen molar-refractivity contribution in [1.82, 2.24) is 14.1 Å². The topological polar surface area (TPSA) is 38.5 Å². The van der Waals surface area contributed by atoms with Gasteiger partial charge in [0, 0.05) is 63.0 Å². The van der Waals surface area contributed by atoms with Crippen molar-refractivity contribution < 1.29 is 4.74 Å². The Morgan fingerprint density at radius 1 is 0.448 bits per heavy atom. The van der Waals surface area contributed by atoms with E-state index in [0.29, 0.717) is 6.67 Å². The molecule has 0 unspecified atom stereocenters. The summed E-state index contributed by atoms with van der Waals surface area (Å²) >= 11 is 0. The van der Waals surface area contributed by atoms with Gasteiger partial charge < -0.3 is 19.1 Å². The summed E-state index contributed by atoms with van der Waals surface area (Å²) in [4.78, 5) is 9.92. The van der Waals surface area contributed by atoms with Crippen LogP contribution in [0.25, 0.3) is 55.1 Å². The maximum atomic E-state index is 6.92. The van der Waals surface area contributed by atoms with Crippen LogP contribution in [-0.4, -0.2) is 20.8 Å². The molecule has 0 spiro atoms. The van der Waals surface area contributed by atoms with E-state index in [4.69, 9.17) is 9.72 Å². The molecule has 1 aliphatic heterocycles. The molecule has 3 aromatic heterocycles. The Balaban J connectivity index is 1.04. The molecule has 1 aliphatic rings. The summed E-state index contributed by atoms with van der Waals surface area (Å²) in [5.41, 5.74) is 11.2. The van der Waals surface area contributed by atoms with Crippen molar-refractivity contribution in [3.63, 3.8) is 0 Å². The summed E-state index contributed by atoms with van der Waals surface area (Å²) in [7, 11) is 0. The van der Waals surface area contributed by atoms with E-state index in [1.807, 2.05) is 6.20 Å². The average molecular weight is 752 g/mol. The Morgan fingerprint density at radius 2 is 1.02 bits per heavy atom. The molecule has 4 heterocycles. The van der Waals surface area contributed by atoms with Gasteiger partial charge in [-0.15, -0.1) is 0 Å². The standard InChI is InChI=1S/C52H41N5O/c1-52(2,3)35-28-38(55-34-54(36-16-6-4-7-17-36)47-24-14-15-25-48(47)55)30-40(29-35)58-39-26-27-43-41-20-10-13-23-46(41)57(49(43)31-39)51-32-50-44(33-53-51)42-21-11-12-22-45(42)56(50)37-18-8-5-9-19-37/h4-33H,34H2,1-3H3. The predicted molar refractivity (Wildman–Crippen MR) is 240 cm³/mol. The second kappa shape index (κ2) is 13.1. The molecule has 0 saturated heterocycles. The zero-order valence-electron chi connectivity index (χ0n) is 32.7. The number of nitrogens with zero attached hydrogens (tertiary/aromatic N) is 5. The Morgan fingerprint density at radius 3 is 1.72 bits per heavy atom. The van der Waals surface area contributed by atoms with Crippen molar-refractivity contribution in [2.24, 2.45) is 0 Å².